The van der Waals surface area contributed by atoms with Crippen LogP contribution in [-0.4, -0.2) is 40.2 Å². The van der Waals surface area contributed by atoms with E-state index in [2.05, 4.69) is 13.8 Å². The second kappa shape index (κ2) is 7.95. The zero-order chi connectivity index (χ0) is 17.7. The van der Waals surface area contributed by atoms with Crippen molar-refractivity contribution in [2.75, 3.05) is 0 Å². The van der Waals surface area contributed by atoms with Crippen LogP contribution in [0.25, 0.3) is 0 Å². The monoisotopic (exact) mass is 315 g/mol. The molecule has 1 saturated heterocycles. The van der Waals surface area contributed by atoms with Crippen LogP contribution in [0.2, 0.25) is 0 Å². The largest absolute Gasteiger partial charge is 0.444 e. The summed E-state index contributed by atoms with van der Waals surface area (Å²) in [7, 11) is 0. The molecule has 1 fully saturated rings. The summed E-state index contributed by atoms with van der Waals surface area (Å²) in [6.45, 7) is 16.8. The van der Waals surface area contributed by atoms with Crippen molar-refractivity contribution in [2.45, 2.75) is 98.6 Å². The van der Waals surface area contributed by atoms with Crippen molar-refractivity contribution < 1.29 is 19.1 Å². The Morgan fingerprint density at radius 3 is 2.00 bits per heavy atom. The van der Waals surface area contributed by atoms with Crippen LogP contribution in [0.15, 0.2) is 0 Å². The fraction of sp³-hybridized carbons (Fsp3) is 0.882. The number of hydrogen-bond acceptors (Lipinski definition) is 4. The van der Waals surface area contributed by atoms with E-state index in [0.29, 0.717) is 6.42 Å². The minimum absolute atomic E-state index is 0.00614. The molecule has 130 valence electrons. The maximum Gasteiger partial charge on any atom is 0.412 e. The van der Waals surface area contributed by atoms with Gasteiger partial charge < -0.3 is 9.47 Å². The molecule has 5 heteroatoms. The lowest BCUT2D eigenvalue weighted by Gasteiger charge is -2.33. The molecule has 0 unspecified atom stereocenters. The van der Waals surface area contributed by atoms with Gasteiger partial charge in [-0.15, -0.1) is 0 Å². The first kappa shape index (κ1) is 20.9. The number of hydrogen-bond donors (Lipinski definition) is 0. The molecular formula is C17H33NO4. The van der Waals surface area contributed by atoms with Crippen molar-refractivity contribution in [3.8, 4) is 0 Å². The number of amides is 1. The van der Waals surface area contributed by atoms with Crippen molar-refractivity contribution in [1.82, 2.24) is 4.90 Å². The Balaban J connectivity index is 0.00000135. The van der Waals surface area contributed by atoms with E-state index < -0.39 is 23.5 Å². The van der Waals surface area contributed by atoms with Crippen LogP contribution >= 0.6 is 0 Å². The van der Waals surface area contributed by atoms with E-state index in [0.717, 1.165) is 0 Å². The van der Waals surface area contributed by atoms with E-state index in [9.17, 15) is 9.59 Å². The summed E-state index contributed by atoms with van der Waals surface area (Å²) >= 11 is 0. The lowest BCUT2D eigenvalue weighted by Crippen LogP contribution is -2.49. The average molecular weight is 315 g/mol. The number of carbonyl (C=O) groups is 2. The molecule has 0 spiro atoms. The Morgan fingerprint density at radius 2 is 1.64 bits per heavy atom. The van der Waals surface area contributed by atoms with Crippen molar-refractivity contribution in [3.63, 3.8) is 0 Å². The summed E-state index contributed by atoms with van der Waals surface area (Å²) in [5, 5.41) is 0. The summed E-state index contributed by atoms with van der Waals surface area (Å²) in [6.07, 6.45) is 0.622. The van der Waals surface area contributed by atoms with Crippen LogP contribution in [0.3, 0.4) is 0 Å². The molecule has 0 aromatic carbocycles. The van der Waals surface area contributed by atoms with Gasteiger partial charge in [0.15, 0.2) is 5.78 Å². The van der Waals surface area contributed by atoms with Crippen LogP contribution in [0.4, 0.5) is 4.79 Å². The van der Waals surface area contributed by atoms with Crippen LogP contribution in [0, 0.1) is 0 Å². The van der Waals surface area contributed by atoms with Crippen LogP contribution < -0.4 is 0 Å². The topological polar surface area (TPSA) is 55.8 Å². The summed E-state index contributed by atoms with van der Waals surface area (Å²) < 4.78 is 11.1. The molecule has 1 heterocycles. The maximum absolute atomic E-state index is 12.3. The molecule has 1 aliphatic heterocycles. The Labute approximate surface area is 135 Å². The highest BCUT2D eigenvalue weighted by Crippen LogP contribution is 2.34. The molecular weight excluding hydrogens is 282 g/mol. The predicted molar refractivity (Wildman–Crippen MR) is 87.8 cm³/mol. The van der Waals surface area contributed by atoms with Crippen LogP contribution in [0.1, 0.15) is 75.2 Å². The van der Waals surface area contributed by atoms with Gasteiger partial charge >= 0.3 is 6.09 Å². The van der Waals surface area contributed by atoms with E-state index in [1.165, 1.54) is 11.3 Å². The SMILES string of the molecule is CCC.CCC(=O)[C@@H]1OC(C)(C)N(C(=O)OC(C)(C)C)[C@H]1C. The molecule has 22 heavy (non-hydrogen) atoms. The third kappa shape index (κ3) is 5.59. The first-order valence-electron chi connectivity index (χ1n) is 8.14. The van der Waals surface area contributed by atoms with Gasteiger partial charge in [-0.25, -0.2) is 4.79 Å². The average Bonchev–Trinajstić information content (AvgIpc) is 2.57. The highest BCUT2D eigenvalue weighted by Gasteiger charge is 2.51. The van der Waals surface area contributed by atoms with Crippen molar-refractivity contribution >= 4 is 11.9 Å². The van der Waals surface area contributed by atoms with Crippen molar-refractivity contribution in [1.29, 1.82) is 0 Å². The quantitative estimate of drug-likeness (QED) is 0.768. The Bertz CT molecular complexity index is 385. The van der Waals surface area contributed by atoms with Gasteiger partial charge in [0.2, 0.25) is 0 Å². The molecule has 0 aromatic heterocycles. The predicted octanol–water partition coefficient (Wildman–Crippen LogP) is 4.14. The van der Waals surface area contributed by atoms with Gasteiger partial charge in [0.25, 0.3) is 0 Å². The highest BCUT2D eigenvalue weighted by atomic mass is 16.6. The molecule has 0 aliphatic carbocycles. The van der Waals surface area contributed by atoms with E-state index in [1.807, 2.05) is 27.7 Å². The van der Waals surface area contributed by atoms with Crippen molar-refractivity contribution in [3.05, 3.63) is 0 Å². The van der Waals surface area contributed by atoms with Gasteiger partial charge in [0, 0.05) is 6.42 Å². The first-order chi connectivity index (χ1) is 9.91. The van der Waals surface area contributed by atoms with E-state index in [-0.39, 0.29) is 11.8 Å². The molecule has 0 N–H and O–H groups in total. The molecule has 1 amide bonds. The van der Waals surface area contributed by atoms with Gasteiger partial charge in [-0.3, -0.25) is 9.69 Å². The number of ether oxygens (including phenoxy) is 2. The normalized spacial score (nSPS) is 23.6. The fourth-order valence-corrected chi connectivity index (χ4v) is 2.32. The molecule has 0 aromatic rings. The standard InChI is InChI=1S/C14H25NO4.C3H8/c1-8-10(16)11-9(2)15(14(6,7)18-11)12(17)19-13(3,4)5;1-3-2/h9,11H,8H2,1-7H3;3H2,1-2H3/t9-,11+;/m0./s1. The fourth-order valence-electron chi connectivity index (χ4n) is 2.32. The Hall–Kier alpha value is -1.10. The summed E-state index contributed by atoms with van der Waals surface area (Å²) in [4.78, 5) is 25.6. The molecule has 0 saturated carbocycles. The van der Waals surface area contributed by atoms with Gasteiger partial charge in [0.1, 0.15) is 17.4 Å². The second-order valence-corrected chi connectivity index (χ2v) is 7.10. The minimum atomic E-state index is -0.836. The first-order valence-corrected chi connectivity index (χ1v) is 8.14. The van der Waals surface area contributed by atoms with Gasteiger partial charge in [-0.2, -0.15) is 0 Å². The maximum atomic E-state index is 12.3. The molecule has 0 bridgehead atoms. The molecule has 2 atom stereocenters. The third-order valence-electron chi connectivity index (χ3n) is 3.10. The van der Waals surface area contributed by atoms with E-state index in [4.69, 9.17) is 9.47 Å². The number of Topliss-reactive ketones (excluding diaryl/α,β-unsaturated/α-hetero) is 1. The lowest BCUT2D eigenvalue weighted by molar-refractivity contribution is -0.135. The third-order valence-corrected chi connectivity index (χ3v) is 3.10. The molecule has 1 aliphatic rings. The second-order valence-electron chi connectivity index (χ2n) is 7.10. The van der Waals surface area contributed by atoms with Gasteiger partial charge in [0.05, 0.1) is 6.04 Å². The van der Waals surface area contributed by atoms with Crippen LogP contribution in [0.5, 0.6) is 0 Å². The smallest absolute Gasteiger partial charge is 0.412 e. The lowest BCUT2D eigenvalue weighted by atomic mass is 10.1. The zero-order valence-electron chi connectivity index (χ0n) is 15.6. The minimum Gasteiger partial charge on any atom is -0.444 e. The Morgan fingerprint density at radius 1 is 1.18 bits per heavy atom. The summed E-state index contributed by atoms with van der Waals surface area (Å²) in [5.41, 5.74) is -1.41. The summed E-state index contributed by atoms with van der Waals surface area (Å²) in [5.74, 6) is 0.00614. The Kier molecular flexibility index (Phi) is 7.55. The number of carbonyl (C=O) groups excluding carboxylic acids is 2. The van der Waals surface area contributed by atoms with Crippen molar-refractivity contribution in [2.24, 2.45) is 0 Å². The number of nitrogens with zero attached hydrogens (tertiary/aromatic N) is 1. The molecule has 5 nitrogen and oxygen atoms in total. The highest BCUT2D eigenvalue weighted by molar-refractivity contribution is 5.85. The summed E-state index contributed by atoms with van der Waals surface area (Å²) in [6, 6.07) is -0.322. The van der Waals surface area contributed by atoms with Gasteiger partial charge in [-0.1, -0.05) is 27.2 Å². The van der Waals surface area contributed by atoms with Crippen LogP contribution in [-0.2, 0) is 14.3 Å². The number of rotatable bonds is 2. The number of ketones is 1. The zero-order valence-corrected chi connectivity index (χ0v) is 15.6. The van der Waals surface area contributed by atoms with Gasteiger partial charge in [-0.05, 0) is 41.5 Å². The van der Waals surface area contributed by atoms with E-state index >= 15 is 0 Å². The molecule has 0 radical (unpaired) electrons. The van der Waals surface area contributed by atoms with E-state index in [1.54, 1.807) is 20.8 Å². The molecule has 1 rings (SSSR count).